The number of aryl methyl sites for hydroxylation is 6. The molecule has 6 aromatic heterocycles. The number of rotatable bonds is 6. The van der Waals surface area contributed by atoms with Crippen LogP contribution in [0.25, 0.3) is 44.1 Å². The molecule has 10 heteroatoms. The third-order valence-corrected chi connectivity index (χ3v) is 8.68. The minimum atomic E-state index is 0.601. The van der Waals surface area contributed by atoms with Crippen molar-refractivity contribution in [2.45, 2.75) is 41.5 Å². The van der Waals surface area contributed by atoms with Crippen molar-refractivity contribution in [1.82, 2.24) is 40.3 Å². The lowest BCUT2D eigenvalue weighted by Gasteiger charge is -2.13. The van der Waals surface area contributed by atoms with Gasteiger partial charge in [-0.15, -0.1) is 0 Å². The van der Waals surface area contributed by atoms with E-state index in [-0.39, 0.29) is 0 Å². The Bertz CT molecular complexity index is 2270. The number of aromatic amines is 2. The van der Waals surface area contributed by atoms with Crippen molar-refractivity contribution in [3.63, 3.8) is 0 Å². The first kappa shape index (κ1) is 32.1. The van der Waals surface area contributed by atoms with Crippen LogP contribution in [0.4, 0.5) is 0 Å². The van der Waals surface area contributed by atoms with Gasteiger partial charge in [-0.25, -0.2) is 9.97 Å². The van der Waals surface area contributed by atoms with Crippen LogP contribution in [0.5, 0.6) is 23.3 Å². The normalized spacial score (nSPS) is 11.0. The Morgan fingerprint density at radius 2 is 0.940 bits per heavy atom. The minimum Gasteiger partial charge on any atom is -0.438 e. The topological polar surface area (TPSA) is 127 Å². The maximum atomic E-state index is 6.02. The third kappa shape index (κ3) is 6.38. The van der Waals surface area contributed by atoms with Crippen molar-refractivity contribution >= 4 is 21.8 Å². The summed E-state index contributed by atoms with van der Waals surface area (Å²) in [6.45, 7) is 12.2. The van der Waals surface area contributed by atoms with Gasteiger partial charge < -0.3 is 19.4 Å². The van der Waals surface area contributed by atoms with Crippen LogP contribution in [0, 0.1) is 41.5 Å². The molecule has 0 radical (unpaired) electrons. The van der Waals surface area contributed by atoms with Crippen LogP contribution in [-0.4, -0.2) is 40.3 Å². The van der Waals surface area contributed by atoms with E-state index < -0.39 is 0 Å². The van der Waals surface area contributed by atoms with Gasteiger partial charge in [-0.05, 0) is 123 Å². The Balaban J connectivity index is 0.000000157. The molecule has 0 aliphatic rings. The number of hydrogen-bond acceptors (Lipinski definition) is 8. The van der Waals surface area contributed by atoms with E-state index in [0.29, 0.717) is 11.8 Å². The van der Waals surface area contributed by atoms with E-state index in [1.165, 1.54) is 0 Å². The fraction of sp³-hybridized carbons (Fsp3) is 0.150. The monoisotopic (exact) mass is 660 g/mol. The van der Waals surface area contributed by atoms with Crippen LogP contribution in [0.3, 0.4) is 0 Å². The van der Waals surface area contributed by atoms with Crippen LogP contribution in [0.2, 0.25) is 0 Å². The standard InChI is InChI=1S/2C20H18N4O/c2*1-12-10-15(25-20-17-6-8-21-18(17)7-9-22-20)4-5-16(12)19-13(2)11-23-24-14(19)3/h2*4-11,21H,1-3H3. The summed E-state index contributed by atoms with van der Waals surface area (Å²) in [7, 11) is 0. The zero-order chi connectivity index (χ0) is 34.8. The largest absolute Gasteiger partial charge is 0.438 e. The van der Waals surface area contributed by atoms with Gasteiger partial charge in [0, 0.05) is 35.9 Å². The number of pyridine rings is 2. The molecule has 2 N–H and O–H groups in total. The van der Waals surface area contributed by atoms with Gasteiger partial charge in [-0.3, -0.25) is 0 Å². The summed E-state index contributed by atoms with van der Waals surface area (Å²) < 4.78 is 12.0. The van der Waals surface area contributed by atoms with E-state index in [4.69, 9.17) is 9.47 Å². The minimum absolute atomic E-state index is 0.601. The Kier molecular flexibility index (Phi) is 8.74. The predicted molar refractivity (Wildman–Crippen MR) is 196 cm³/mol. The lowest BCUT2D eigenvalue weighted by molar-refractivity contribution is 0.468. The molecule has 0 saturated carbocycles. The van der Waals surface area contributed by atoms with Crippen molar-refractivity contribution < 1.29 is 9.47 Å². The van der Waals surface area contributed by atoms with Crippen molar-refractivity contribution in [2.24, 2.45) is 0 Å². The molecule has 0 aliphatic carbocycles. The lowest BCUT2D eigenvalue weighted by Crippen LogP contribution is -1.96. The highest BCUT2D eigenvalue weighted by Gasteiger charge is 2.14. The van der Waals surface area contributed by atoms with Gasteiger partial charge in [0.1, 0.15) is 11.5 Å². The van der Waals surface area contributed by atoms with Gasteiger partial charge in [-0.1, -0.05) is 12.1 Å². The molecule has 0 saturated heterocycles. The van der Waals surface area contributed by atoms with Gasteiger partial charge >= 0.3 is 0 Å². The average Bonchev–Trinajstić information content (AvgIpc) is 3.78. The Morgan fingerprint density at radius 1 is 0.500 bits per heavy atom. The summed E-state index contributed by atoms with van der Waals surface area (Å²) in [6, 6.07) is 19.9. The summed E-state index contributed by atoms with van der Waals surface area (Å²) in [5.41, 5.74) is 12.9. The van der Waals surface area contributed by atoms with E-state index in [2.05, 4.69) is 80.2 Å². The third-order valence-electron chi connectivity index (χ3n) is 8.68. The first-order valence-corrected chi connectivity index (χ1v) is 16.3. The SMILES string of the molecule is Cc1cc(Oc2nccc3[nH]ccc23)ccc1-c1c(C)cnnc1C.Cc1cc(Oc2nccc3[nH]ccc23)ccc1-c1c(C)cnnc1C. The summed E-state index contributed by atoms with van der Waals surface area (Å²) in [6.07, 6.45) is 10.8. The van der Waals surface area contributed by atoms with Crippen LogP contribution in [0.1, 0.15) is 33.6 Å². The van der Waals surface area contributed by atoms with Crippen LogP contribution >= 0.6 is 0 Å². The average molecular weight is 661 g/mol. The molecule has 8 aromatic rings. The Labute approximate surface area is 289 Å². The van der Waals surface area contributed by atoms with Gasteiger partial charge in [0.05, 0.1) is 45.6 Å². The van der Waals surface area contributed by atoms with Crippen molar-refractivity contribution in [2.75, 3.05) is 0 Å². The maximum Gasteiger partial charge on any atom is 0.228 e. The second-order valence-corrected chi connectivity index (χ2v) is 12.2. The van der Waals surface area contributed by atoms with Crippen molar-refractivity contribution in [3.8, 4) is 45.5 Å². The molecule has 248 valence electrons. The van der Waals surface area contributed by atoms with E-state index in [1.807, 2.05) is 74.8 Å². The molecular weight excluding hydrogens is 624 g/mol. The zero-order valence-electron chi connectivity index (χ0n) is 28.7. The first-order valence-electron chi connectivity index (χ1n) is 16.3. The number of aromatic nitrogens is 8. The van der Waals surface area contributed by atoms with Crippen LogP contribution < -0.4 is 9.47 Å². The number of nitrogens with one attached hydrogen (secondary N) is 2. The summed E-state index contributed by atoms with van der Waals surface area (Å²) in [4.78, 5) is 15.0. The molecule has 0 aliphatic heterocycles. The van der Waals surface area contributed by atoms with Gasteiger partial charge in [0.15, 0.2) is 0 Å². The second kappa shape index (κ2) is 13.6. The number of H-pyrrole nitrogens is 2. The molecule has 0 bridgehead atoms. The predicted octanol–water partition coefficient (Wildman–Crippen LogP) is 9.47. The molecule has 0 fully saturated rings. The summed E-state index contributed by atoms with van der Waals surface area (Å²) in [5.74, 6) is 2.73. The molecule has 0 atom stereocenters. The van der Waals surface area contributed by atoms with E-state index in [9.17, 15) is 0 Å². The van der Waals surface area contributed by atoms with Gasteiger partial charge in [0.25, 0.3) is 0 Å². The maximum absolute atomic E-state index is 6.02. The van der Waals surface area contributed by atoms with E-state index in [1.54, 1.807) is 24.8 Å². The Hall–Kier alpha value is -6.42. The summed E-state index contributed by atoms with van der Waals surface area (Å²) in [5, 5.41) is 18.3. The molecule has 0 unspecified atom stereocenters. The molecule has 0 amide bonds. The highest BCUT2D eigenvalue weighted by molar-refractivity contribution is 5.85. The second-order valence-electron chi connectivity index (χ2n) is 12.2. The first-order chi connectivity index (χ1) is 24.3. The van der Waals surface area contributed by atoms with Crippen molar-refractivity contribution in [1.29, 1.82) is 0 Å². The summed E-state index contributed by atoms with van der Waals surface area (Å²) >= 11 is 0. The highest BCUT2D eigenvalue weighted by Crippen LogP contribution is 2.35. The van der Waals surface area contributed by atoms with Gasteiger partial charge in [0.2, 0.25) is 11.8 Å². The molecule has 50 heavy (non-hydrogen) atoms. The smallest absolute Gasteiger partial charge is 0.228 e. The molecule has 2 aromatic carbocycles. The zero-order valence-corrected chi connectivity index (χ0v) is 28.7. The van der Waals surface area contributed by atoms with Crippen LogP contribution in [0.15, 0.2) is 97.8 Å². The number of hydrogen-bond donors (Lipinski definition) is 2. The lowest BCUT2D eigenvalue weighted by atomic mass is 9.96. The fourth-order valence-electron chi connectivity index (χ4n) is 6.28. The molecule has 10 nitrogen and oxygen atoms in total. The quantitative estimate of drug-likeness (QED) is 0.181. The van der Waals surface area contributed by atoms with E-state index >= 15 is 0 Å². The fourth-order valence-corrected chi connectivity index (χ4v) is 6.28. The number of ether oxygens (including phenoxy) is 2. The highest BCUT2D eigenvalue weighted by atomic mass is 16.5. The molecular formula is C40H36N8O2. The molecule has 6 heterocycles. The number of nitrogens with zero attached hydrogens (tertiary/aromatic N) is 6. The van der Waals surface area contributed by atoms with Gasteiger partial charge in [-0.2, -0.15) is 20.4 Å². The molecule has 0 spiro atoms. The Morgan fingerprint density at radius 3 is 1.34 bits per heavy atom. The number of benzene rings is 2. The molecule has 8 rings (SSSR count). The number of fused-ring (bicyclic) bond motifs is 2. The van der Waals surface area contributed by atoms with Crippen molar-refractivity contribution in [3.05, 3.63) is 131 Å². The van der Waals surface area contributed by atoms with Crippen LogP contribution in [-0.2, 0) is 0 Å². The van der Waals surface area contributed by atoms with E-state index in [0.717, 1.165) is 89.2 Å².